The molecule has 1 aromatic heterocycles. The zero-order chi connectivity index (χ0) is 24.3. The molecule has 0 aliphatic carbocycles. The maximum Gasteiger partial charge on any atom is 0.238 e. The highest BCUT2D eigenvalue weighted by Crippen LogP contribution is 2.37. The van der Waals surface area contributed by atoms with Crippen molar-refractivity contribution in [3.8, 4) is 28.1 Å². The van der Waals surface area contributed by atoms with Crippen molar-refractivity contribution in [1.29, 1.82) is 0 Å². The van der Waals surface area contributed by atoms with Crippen molar-refractivity contribution >= 4 is 10.0 Å². The van der Waals surface area contributed by atoms with Gasteiger partial charge in [0.1, 0.15) is 5.69 Å². The lowest BCUT2D eigenvalue weighted by molar-refractivity contribution is 0.268. The van der Waals surface area contributed by atoms with Crippen LogP contribution in [0.1, 0.15) is 11.3 Å². The quantitative estimate of drug-likeness (QED) is 0.399. The minimum Gasteiger partial charge on any atom is -0.494 e. The lowest BCUT2D eigenvalue weighted by Gasteiger charge is -2.10. The van der Waals surface area contributed by atoms with Crippen LogP contribution in [-0.4, -0.2) is 30.4 Å². The van der Waals surface area contributed by atoms with Gasteiger partial charge in [-0.05, 0) is 41.8 Å². The smallest absolute Gasteiger partial charge is 0.238 e. The highest BCUT2D eigenvalue weighted by molar-refractivity contribution is 7.89. The molecule has 3 N–H and O–H groups in total. The van der Waals surface area contributed by atoms with Gasteiger partial charge in [-0.2, -0.15) is 5.10 Å². The number of nitrogens with zero attached hydrogens (tertiary/aromatic N) is 2. The molecule has 0 unspecified atom stereocenters. The molecule has 176 valence electrons. The van der Waals surface area contributed by atoms with Gasteiger partial charge in [-0.3, -0.25) is 4.68 Å². The van der Waals surface area contributed by atoms with Gasteiger partial charge in [0.2, 0.25) is 10.0 Å². The summed E-state index contributed by atoms with van der Waals surface area (Å²) in [4.78, 5) is -0.0285. The number of aliphatic hydroxyl groups is 1. The summed E-state index contributed by atoms with van der Waals surface area (Å²) in [6.45, 7) is 0.168. The predicted octanol–water partition coefficient (Wildman–Crippen LogP) is 3.75. The van der Waals surface area contributed by atoms with Gasteiger partial charge < -0.3 is 9.84 Å². The number of halogens is 1. The number of hydrogen-bond donors (Lipinski definition) is 2. The number of primary sulfonamides is 1. The number of nitrogens with two attached hydrogens (primary N) is 1. The van der Waals surface area contributed by atoms with Crippen molar-refractivity contribution in [2.45, 2.75) is 24.5 Å². The van der Waals surface area contributed by atoms with E-state index in [0.717, 1.165) is 5.56 Å². The molecule has 0 saturated carbocycles. The number of aryl methyl sites for hydroxylation is 2. The number of benzene rings is 3. The molecular weight excluding hydrogens is 457 g/mol. The molecule has 4 rings (SSSR count). The number of aromatic nitrogens is 2. The Labute approximate surface area is 197 Å². The van der Waals surface area contributed by atoms with Gasteiger partial charge in [-0.1, -0.05) is 48.5 Å². The number of hydrogen-bond acceptors (Lipinski definition) is 5. The van der Waals surface area contributed by atoms with Crippen LogP contribution in [0.5, 0.6) is 5.75 Å². The van der Waals surface area contributed by atoms with Crippen molar-refractivity contribution in [2.75, 3.05) is 7.11 Å². The van der Waals surface area contributed by atoms with Crippen molar-refractivity contribution < 1.29 is 22.7 Å². The molecule has 0 aliphatic rings. The highest BCUT2D eigenvalue weighted by Gasteiger charge is 2.22. The topological polar surface area (TPSA) is 107 Å². The van der Waals surface area contributed by atoms with Crippen LogP contribution in [0.3, 0.4) is 0 Å². The Morgan fingerprint density at radius 2 is 1.71 bits per heavy atom. The van der Waals surface area contributed by atoms with Crippen LogP contribution < -0.4 is 9.88 Å². The fourth-order valence-electron chi connectivity index (χ4n) is 3.85. The first kappa shape index (κ1) is 23.6. The Kier molecular flexibility index (Phi) is 6.78. The van der Waals surface area contributed by atoms with Gasteiger partial charge in [-0.15, -0.1) is 0 Å². The van der Waals surface area contributed by atoms with E-state index in [1.54, 1.807) is 22.9 Å². The molecule has 0 amide bonds. The monoisotopic (exact) mass is 481 g/mol. The fourth-order valence-corrected chi connectivity index (χ4v) is 4.37. The third-order valence-electron chi connectivity index (χ3n) is 5.56. The van der Waals surface area contributed by atoms with Gasteiger partial charge in [0.05, 0.1) is 24.3 Å². The summed E-state index contributed by atoms with van der Waals surface area (Å²) < 4.78 is 44.6. The van der Waals surface area contributed by atoms with E-state index in [0.29, 0.717) is 41.0 Å². The maximum absolute atomic E-state index is 14.6. The first-order chi connectivity index (χ1) is 16.3. The number of rotatable bonds is 8. The van der Waals surface area contributed by atoms with E-state index < -0.39 is 15.8 Å². The molecule has 0 bridgehead atoms. The van der Waals surface area contributed by atoms with E-state index in [-0.39, 0.29) is 17.3 Å². The Morgan fingerprint density at radius 1 is 1.03 bits per heavy atom. The molecule has 0 fully saturated rings. The molecule has 4 aromatic rings. The minimum absolute atomic E-state index is 0.0285. The molecule has 0 saturated heterocycles. The lowest BCUT2D eigenvalue weighted by atomic mass is 9.98. The Balaban J connectivity index is 1.84. The Bertz CT molecular complexity index is 1400. The van der Waals surface area contributed by atoms with E-state index in [9.17, 15) is 17.9 Å². The standard InChI is InChI=1S/C25H24FN3O4S/c1-33-23-12-9-19(15-21(23)26)24-22(16-30)29(14-13-17-5-3-2-4-6-17)28-25(24)18-7-10-20(11-8-18)34(27,31)32/h2-12,15,30H,13-14,16H2,1H3,(H2,27,31,32). The van der Waals surface area contributed by atoms with Crippen molar-refractivity contribution in [1.82, 2.24) is 9.78 Å². The third-order valence-corrected chi connectivity index (χ3v) is 6.49. The van der Waals surface area contributed by atoms with Crippen LogP contribution in [0.2, 0.25) is 0 Å². The molecule has 1 heterocycles. The first-order valence-electron chi connectivity index (χ1n) is 10.5. The van der Waals surface area contributed by atoms with Crippen LogP contribution in [0.15, 0.2) is 77.7 Å². The highest BCUT2D eigenvalue weighted by atomic mass is 32.2. The molecule has 0 atom stereocenters. The zero-order valence-corrected chi connectivity index (χ0v) is 19.3. The molecule has 0 radical (unpaired) electrons. The summed E-state index contributed by atoms with van der Waals surface area (Å²) in [6, 6.07) is 20.4. The summed E-state index contributed by atoms with van der Waals surface area (Å²) in [5.74, 6) is -0.443. The van der Waals surface area contributed by atoms with Crippen LogP contribution >= 0.6 is 0 Å². The normalized spacial score (nSPS) is 11.5. The predicted molar refractivity (Wildman–Crippen MR) is 127 cm³/mol. The molecule has 9 heteroatoms. The summed E-state index contributed by atoms with van der Waals surface area (Å²) in [5, 5.41) is 20.2. The van der Waals surface area contributed by atoms with Gasteiger partial charge in [0, 0.05) is 17.7 Å². The second kappa shape index (κ2) is 9.76. The van der Waals surface area contributed by atoms with E-state index in [4.69, 9.17) is 15.0 Å². The zero-order valence-electron chi connectivity index (χ0n) is 18.5. The minimum atomic E-state index is -3.85. The molecule has 3 aromatic carbocycles. The van der Waals surface area contributed by atoms with Crippen LogP contribution in [0, 0.1) is 5.82 Å². The average Bonchev–Trinajstić information content (AvgIpc) is 3.21. The lowest BCUT2D eigenvalue weighted by Crippen LogP contribution is -2.11. The summed E-state index contributed by atoms with van der Waals surface area (Å²) >= 11 is 0. The van der Waals surface area contributed by atoms with Crippen LogP contribution in [-0.2, 0) is 29.6 Å². The first-order valence-corrected chi connectivity index (χ1v) is 12.1. The molecule has 0 aliphatic heterocycles. The number of aliphatic hydroxyl groups excluding tert-OH is 1. The van der Waals surface area contributed by atoms with E-state index in [1.807, 2.05) is 30.3 Å². The van der Waals surface area contributed by atoms with E-state index in [2.05, 4.69) is 0 Å². The number of sulfonamides is 1. The maximum atomic E-state index is 14.6. The van der Waals surface area contributed by atoms with E-state index in [1.165, 1.54) is 31.4 Å². The summed E-state index contributed by atoms with van der Waals surface area (Å²) in [7, 11) is -2.47. The molecule has 34 heavy (non-hydrogen) atoms. The van der Waals surface area contributed by atoms with Crippen molar-refractivity contribution in [3.05, 3.63) is 89.9 Å². The van der Waals surface area contributed by atoms with Crippen molar-refractivity contribution in [3.63, 3.8) is 0 Å². The van der Waals surface area contributed by atoms with Crippen LogP contribution in [0.25, 0.3) is 22.4 Å². The Morgan fingerprint density at radius 3 is 2.29 bits per heavy atom. The van der Waals surface area contributed by atoms with Crippen LogP contribution in [0.4, 0.5) is 4.39 Å². The SMILES string of the molecule is COc1ccc(-c2c(-c3ccc(S(N)(=O)=O)cc3)nn(CCc3ccccc3)c2CO)cc1F. The van der Waals surface area contributed by atoms with E-state index >= 15 is 0 Å². The van der Waals surface area contributed by atoms with Gasteiger partial charge in [0.15, 0.2) is 11.6 Å². The third kappa shape index (κ3) is 4.86. The van der Waals surface area contributed by atoms with Crippen molar-refractivity contribution in [2.24, 2.45) is 5.14 Å². The van der Waals surface area contributed by atoms with Gasteiger partial charge in [0.25, 0.3) is 0 Å². The van der Waals surface area contributed by atoms with Gasteiger partial charge in [-0.25, -0.2) is 17.9 Å². The second-order valence-corrected chi connectivity index (χ2v) is 9.27. The van der Waals surface area contributed by atoms with Gasteiger partial charge >= 0.3 is 0 Å². The Hall–Kier alpha value is -3.53. The molecular formula is C25H24FN3O4S. The average molecular weight is 482 g/mol. The second-order valence-electron chi connectivity index (χ2n) is 7.71. The molecule has 0 spiro atoms. The largest absolute Gasteiger partial charge is 0.494 e. The number of ether oxygens (including phenoxy) is 1. The fraction of sp³-hybridized carbons (Fsp3) is 0.160. The number of methoxy groups -OCH3 is 1. The summed E-state index contributed by atoms with van der Waals surface area (Å²) in [5.41, 5.74) is 3.79. The summed E-state index contributed by atoms with van der Waals surface area (Å²) in [6.07, 6.45) is 0.676. The molecule has 7 nitrogen and oxygen atoms in total.